The van der Waals surface area contributed by atoms with Crippen molar-refractivity contribution in [3.05, 3.63) is 59.9 Å². The third-order valence-corrected chi connectivity index (χ3v) is 7.27. The Kier molecular flexibility index (Phi) is 8.45. The van der Waals surface area contributed by atoms with Crippen molar-refractivity contribution in [1.29, 1.82) is 0 Å². The summed E-state index contributed by atoms with van der Waals surface area (Å²) in [5.41, 5.74) is 1.26. The minimum absolute atomic E-state index is 0.0594. The summed E-state index contributed by atoms with van der Waals surface area (Å²) in [6.45, 7) is 0.612. The molecule has 2 aromatic carbocycles. The molecule has 39 heavy (non-hydrogen) atoms. The SMILES string of the molecule is COc1ccc(-c2nnn(CC(=O)N(C[C@@H]3CCCO3)[C@@H](C(=O)NC3CCCC3)c3ccc(F)cc3)n2)cc1. The molecule has 0 unspecified atom stereocenters. The molecule has 10 nitrogen and oxygen atoms in total. The molecule has 1 aliphatic carbocycles. The molecule has 0 spiro atoms. The molecule has 1 aliphatic heterocycles. The zero-order valence-electron chi connectivity index (χ0n) is 22.0. The molecule has 3 aromatic rings. The molecule has 2 heterocycles. The first-order valence-corrected chi connectivity index (χ1v) is 13.4. The highest BCUT2D eigenvalue weighted by atomic mass is 19.1. The van der Waals surface area contributed by atoms with Gasteiger partial charge in [-0.1, -0.05) is 25.0 Å². The van der Waals surface area contributed by atoms with Gasteiger partial charge in [-0.15, -0.1) is 10.2 Å². The first-order valence-electron chi connectivity index (χ1n) is 13.4. The van der Waals surface area contributed by atoms with Gasteiger partial charge >= 0.3 is 0 Å². The molecule has 2 atom stereocenters. The number of nitrogens with zero attached hydrogens (tertiary/aromatic N) is 5. The van der Waals surface area contributed by atoms with Crippen LogP contribution in [0.4, 0.5) is 4.39 Å². The first-order chi connectivity index (χ1) is 19.0. The van der Waals surface area contributed by atoms with Crippen molar-refractivity contribution in [1.82, 2.24) is 30.4 Å². The number of benzene rings is 2. The molecule has 2 aliphatic rings. The Bertz CT molecular complexity index is 1250. The Balaban J connectivity index is 1.41. The van der Waals surface area contributed by atoms with Crippen LogP contribution in [-0.2, 0) is 20.9 Å². The van der Waals surface area contributed by atoms with Gasteiger partial charge in [-0.2, -0.15) is 4.80 Å². The Morgan fingerprint density at radius 2 is 1.85 bits per heavy atom. The molecule has 0 bridgehead atoms. The fourth-order valence-corrected chi connectivity index (χ4v) is 5.20. The second-order valence-electron chi connectivity index (χ2n) is 10.00. The fourth-order valence-electron chi connectivity index (χ4n) is 5.20. The van der Waals surface area contributed by atoms with Crippen LogP contribution in [0.15, 0.2) is 48.5 Å². The summed E-state index contributed by atoms with van der Waals surface area (Å²) in [5, 5.41) is 15.7. The maximum atomic E-state index is 13.8. The van der Waals surface area contributed by atoms with Gasteiger partial charge in [0.15, 0.2) is 0 Å². The molecule has 1 N–H and O–H groups in total. The van der Waals surface area contributed by atoms with Crippen LogP contribution in [-0.4, -0.2) is 69.3 Å². The van der Waals surface area contributed by atoms with Crippen LogP contribution in [0.1, 0.15) is 50.1 Å². The van der Waals surface area contributed by atoms with Crippen LogP contribution in [0.3, 0.4) is 0 Å². The van der Waals surface area contributed by atoms with Gasteiger partial charge in [0.05, 0.1) is 13.2 Å². The number of halogens is 1. The maximum Gasteiger partial charge on any atom is 0.247 e. The van der Waals surface area contributed by atoms with E-state index in [0.717, 1.165) is 44.1 Å². The van der Waals surface area contributed by atoms with E-state index in [0.29, 0.717) is 23.7 Å². The molecule has 2 fully saturated rings. The van der Waals surface area contributed by atoms with Gasteiger partial charge in [0.2, 0.25) is 17.6 Å². The second kappa shape index (κ2) is 12.3. The van der Waals surface area contributed by atoms with Gasteiger partial charge in [0.1, 0.15) is 24.2 Å². The summed E-state index contributed by atoms with van der Waals surface area (Å²) in [4.78, 5) is 30.3. The number of tetrazole rings is 1. The zero-order valence-corrected chi connectivity index (χ0v) is 22.0. The predicted molar refractivity (Wildman–Crippen MR) is 140 cm³/mol. The molecule has 5 rings (SSSR count). The smallest absolute Gasteiger partial charge is 0.247 e. The summed E-state index contributed by atoms with van der Waals surface area (Å²) in [6.07, 6.45) is 5.38. The Hall–Kier alpha value is -3.86. The molecule has 1 saturated heterocycles. The average molecular weight is 537 g/mol. The lowest BCUT2D eigenvalue weighted by Crippen LogP contribution is -2.49. The van der Waals surface area contributed by atoms with Gasteiger partial charge in [-0.05, 0) is 72.9 Å². The monoisotopic (exact) mass is 536 g/mol. The van der Waals surface area contributed by atoms with Gasteiger partial charge < -0.3 is 19.7 Å². The van der Waals surface area contributed by atoms with Gasteiger partial charge in [-0.3, -0.25) is 9.59 Å². The van der Waals surface area contributed by atoms with Crippen LogP contribution in [0.5, 0.6) is 5.75 Å². The quantitative estimate of drug-likeness (QED) is 0.423. The number of ether oxygens (including phenoxy) is 2. The van der Waals surface area contributed by atoms with Crippen LogP contribution in [0, 0.1) is 5.82 Å². The lowest BCUT2D eigenvalue weighted by atomic mass is 10.0. The number of hydrogen-bond donors (Lipinski definition) is 1. The molecule has 0 radical (unpaired) electrons. The number of nitrogens with one attached hydrogen (secondary N) is 1. The summed E-state index contributed by atoms with van der Waals surface area (Å²) in [7, 11) is 1.59. The van der Waals surface area contributed by atoms with Crippen LogP contribution in [0.2, 0.25) is 0 Å². The van der Waals surface area contributed by atoms with E-state index >= 15 is 0 Å². The largest absolute Gasteiger partial charge is 0.497 e. The van der Waals surface area contributed by atoms with Crippen molar-refractivity contribution in [2.75, 3.05) is 20.3 Å². The topological polar surface area (TPSA) is 111 Å². The predicted octanol–water partition coefficient (Wildman–Crippen LogP) is 3.30. The summed E-state index contributed by atoms with van der Waals surface area (Å²) in [5.74, 6) is 0.00739. The number of aromatic nitrogens is 4. The molecule has 206 valence electrons. The lowest BCUT2D eigenvalue weighted by molar-refractivity contribution is -0.143. The molecule has 1 saturated carbocycles. The summed E-state index contributed by atoms with van der Waals surface area (Å²) < 4.78 is 24.8. The lowest BCUT2D eigenvalue weighted by Gasteiger charge is -2.33. The van der Waals surface area contributed by atoms with E-state index in [4.69, 9.17) is 9.47 Å². The number of amides is 2. The van der Waals surface area contributed by atoms with Crippen molar-refractivity contribution in [3.63, 3.8) is 0 Å². The zero-order chi connectivity index (χ0) is 27.2. The van der Waals surface area contributed by atoms with Crippen molar-refractivity contribution in [2.24, 2.45) is 0 Å². The van der Waals surface area contributed by atoms with E-state index < -0.39 is 11.9 Å². The Morgan fingerprint density at radius 1 is 1.10 bits per heavy atom. The van der Waals surface area contributed by atoms with E-state index in [2.05, 4.69) is 20.7 Å². The highest BCUT2D eigenvalue weighted by molar-refractivity contribution is 5.89. The number of methoxy groups -OCH3 is 1. The minimum Gasteiger partial charge on any atom is -0.497 e. The summed E-state index contributed by atoms with van der Waals surface area (Å²) >= 11 is 0. The van der Waals surface area contributed by atoms with Crippen LogP contribution < -0.4 is 10.1 Å². The Labute approximate surface area is 226 Å². The standard InChI is InChI=1S/C28H33FN6O4/c1-38-23-14-10-20(11-15-23)27-31-33-35(32-27)18-25(36)34(17-24-7-4-16-39-24)26(19-8-12-21(29)13-9-19)28(37)30-22-5-2-3-6-22/h8-15,22,24,26H,2-7,16-18H2,1H3,(H,30,37)/t24-,26+/m0/s1. The molecule has 2 amide bonds. The number of carbonyl (C=O) groups excluding carboxylic acids is 2. The third-order valence-electron chi connectivity index (χ3n) is 7.27. The number of rotatable bonds is 10. The van der Waals surface area contributed by atoms with Gasteiger partial charge in [0.25, 0.3) is 0 Å². The highest BCUT2D eigenvalue weighted by Crippen LogP contribution is 2.27. The van der Waals surface area contributed by atoms with E-state index in [1.807, 2.05) is 12.1 Å². The van der Waals surface area contributed by atoms with Crippen LogP contribution in [0.25, 0.3) is 11.4 Å². The average Bonchev–Trinajstić information content (AvgIpc) is 3.73. The van der Waals surface area contributed by atoms with E-state index in [1.165, 1.54) is 21.8 Å². The van der Waals surface area contributed by atoms with Crippen LogP contribution >= 0.6 is 0 Å². The highest BCUT2D eigenvalue weighted by Gasteiger charge is 2.35. The fraction of sp³-hybridized carbons (Fsp3) is 0.464. The normalized spacial score (nSPS) is 18.2. The van der Waals surface area contributed by atoms with Crippen molar-refractivity contribution < 1.29 is 23.5 Å². The van der Waals surface area contributed by atoms with Crippen molar-refractivity contribution in [3.8, 4) is 17.1 Å². The first kappa shape index (κ1) is 26.7. The minimum atomic E-state index is -0.951. The van der Waals surface area contributed by atoms with E-state index in [1.54, 1.807) is 31.4 Å². The molecule has 1 aromatic heterocycles. The van der Waals surface area contributed by atoms with E-state index in [-0.39, 0.29) is 37.0 Å². The van der Waals surface area contributed by atoms with Gasteiger partial charge in [0, 0.05) is 24.8 Å². The summed E-state index contributed by atoms with van der Waals surface area (Å²) in [6, 6.07) is 12.0. The van der Waals surface area contributed by atoms with E-state index in [9.17, 15) is 14.0 Å². The number of hydrogen-bond acceptors (Lipinski definition) is 7. The Morgan fingerprint density at radius 3 is 2.51 bits per heavy atom. The molecular formula is C28H33FN6O4. The van der Waals surface area contributed by atoms with Crippen molar-refractivity contribution in [2.45, 2.75) is 63.3 Å². The second-order valence-corrected chi connectivity index (χ2v) is 10.00. The maximum absolute atomic E-state index is 13.8. The van der Waals surface area contributed by atoms with Gasteiger partial charge in [-0.25, -0.2) is 4.39 Å². The third kappa shape index (κ3) is 6.59. The molecular weight excluding hydrogens is 503 g/mol. The van der Waals surface area contributed by atoms with Crippen molar-refractivity contribution >= 4 is 11.8 Å². The number of carbonyl (C=O) groups is 2. The molecule has 11 heteroatoms.